The number of aryl methyl sites for hydroxylation is 1. The second-order valence-corrected chi connectivity index (χ2v) is 8.64. The minimum absolute atomic E-state index is 0.198. The van der Waals surface area contributed by atoms with E-state index in [-0.39, 0.29) is 11.6 Å². The molecule has 0 unspecified atom stereocenters. The lowest BCUT2D eigenvalue weighted by Crippen LogP contribution is -2.16. The average molecular weight is 462 g/mol. The largest absolute Gasteiger partial charge is 0.288 e. The van der Waals surface area contributed by atoms with Crippen molar-refractivity contribution < 1.29 is 4.79 Å². The third-order valence-corrected chi connectivity index (χ3v) is 6.07. The van der Waals surface area contributed by atoms with Crippen LogP contribution in [0.5, 0.6) is 0 Å². The summed E-state index contributed by atoms with van der Waals surface area (Å²) < 4.78 is 1.59. The molecule has 10 nitrogen and oxygen atoms in total. The Kier molecular flexibility index (Phi) is 5.52. The summed E-state index contributed by atoms with van der Waals surface area (Å²) >= 11 is 2.68. The molecule has 0 radical (unpaired) electrons. The molecule has 5 aromatic heterocycles. The van der Waals surface area contributed by atoms with Crippen molar-refractivity contribution in [2.75, 3.05) is 5.32 Å². The van der Waals surface area contributed by atoms with Crippen LogP contribution in [0, 0.1) is 6.92 Å². The van der Waals surface area contributed by atoms with Gasteiger partial charge < -0.3 is 0 Å². The van der Waals surface area contributed by atoms with Crippen LogP contribution in [0.15, 0.2) is 81.2 Å². The van der Waals surface area contributed by atoms with Crippen LogP contribution in [0.2, 0.25) is 0 Å². The fourth-order valence-corrected chi connectivity index (χ4v) is 4.30. The number of nitrogens with zero attached hydrogens (tertiary/aromatic N) is 7. The van der Waals surface area contributed by atoms with Crippen LogP contribution in [0.25, 0.3) is 5.65 Å². The van der Waals surface area contributed by atoms with Gasteiger partial charge in [-0.1, -0.05) is 17.8 Å². The number of carbonyl (C=O) groups excluding carboxylic acids is 1. The number of fused-ring (bicyclic) bond motifs is 1. The number of H-pyrrole nitrogens is 1. The van der Waals surface area contributed by atoms with E-state index in [2.05, 4.69) is 40.5 Å². The molecule has 1 amide bonds. The minimum atomic E-state index is -0.413. The molecule has 0 bridgehead atoms. The maximum atomic E-state index is 13.2. The monoisotopic (exact) mass is 461 g/mol. The van der Waals surface area contributed by atoms with Crippen molar-refractivity contribution in [1.29, 1.82) is 0 Å². The van der Waals surface area contributed by atoms with E-state index in [0.717, 1.165) is 10.6 Å². The third-order valence-electron chi connectivity index (χ3n) is 4.22. The molecular weight excluding hydrogens is 446 g/mol. The van der Waals surface area contributed by atoms with Crippen molar-refractivity contribution in [3.63, 3.8) is 0 Å². The van der Waals surface area contributed by atoms with E-state index < -0.39 is 5.91 Å². The zero-order valence-corrected chi connectivity index (χ0v) is 18.3. The van der Waals surface area contributed by atoms with E-state index in [1.807, 2.05) is 43.3 Å². The number of pyridine rings is 3. The lowest BCUT2D eigenvalue weighted by atomic mass is 10.3. The number of anilines is 1. The van der Waals surface area contributed by atoms with Crippen molar-refractivity contribution in [3.05, 3.63) is 72.6 Å². The molecular formula is C20H15N9OS2. The van der Waals surface area contributed by atoms with Gasteiger partial charge in [0, 0.05) is 27.9 Å². The molecule has 0 aliphatic heterocycles. The average Bonchev–Trinajstić information content (AvgIpc) is 3.45. The van der Waals surface area contributed by atoms with E-state index in [1.165, 1.54) is 29.9 Å². The number of hydrogen-bond donors (Lipinski definition) is 2. The van der Waals surface area contributed by atoms with Crippen molar-refractivity contribution in [2.24, 2.45) is 0 Å². The minimum Gasteiger partial charge on any atom is -0.288 e. The first kappa shape index (κ1) is 20.2. The highest BCUT2D eigenvalue weighted by Gasteiger charge is 2.19. The van der Waals surface area contributed by atoms with Gasteiger partial charge >= 0.3 is 0 Å². The fourth-order valence-electron chi connectivity index (χ4n) is 2.76. The first-order valence-electron chi connectivity index (χ1n) is 9.41. The van der Waals surface area contributed by atoms with Gasteiger partial charge in [0.1, 0.15) is 17.0 Å². The predicted octanol–water partition coefficient (Wildman–Crippen LogP) is 3.50. The lowest BCUT2D eigenvalue weighted by Gasteiger charge is -2.09. The van der Waals surface area contributed by atoms with Crippen LogP contribution >= 0.6 is 23.5 Å². The molecule has 0 saturated heterocycles. The Morgan fingerprint density at radius 2 is 2.00 bits per heavy atom. The number of aromatic amines is 1. The summed E-state index contributed by atoms with van der Waals surface area (Å²) in [5.41, 5.74) is 1.80. The molecule has 0 aromatic carbocycles. The summed E-state index contributed by atoms with van der Waals surface area (Å²) in [6.07, 6.45) is 4.94. The number of aromatic nitrogens is 8. The number of nitrogens with one attached hydrogen (secondary N) is 2. The standard InChI is InChI=1S/C20H15N9OS2/c1-12-5-6-13(10-21-12)31-14-7-8-16(32-20-22-11-23-27-20)25-17(14)18(30)26-19-24-15-4-2-3-9-29(15)28-19/h2-11H,1H3,(H,22,23,27)(H,26,28,30). The zero-order chi connectivity index (χ0) is 21.9. The van der Waals surface area contributed by atoms with E-state index in [1.54, 1.807) is 23.0 Å². The van der Waals surface area contributed by atoms with Gasteiger partial charge in [-0.15, -0.1) is 5.10 Å². The molecule has 32 heavy (non-hydrogen) atoms. The van der Waals surface area contributed by atoms with Gasteiger partial charge in [0.2, 0.25) is 5.95 Å². The Hall–Kier alpha value is -3.77. The maximum Gasteiger partial charge on any atom is 0.277 e. The Balaban J connectivity index is 1.46. The fraction of sp³-hybridized carbons (Fsp3) is 0.0500. The summed E-state index contributed by atoms with van der Waals surface area (Å²) in [5.74, 6) is -0.215. The van der Waals surface area contributed by atoms with Gasteiger partial charge in [-0.25, -0.2) is 14.5 Å². The summed E-state index contributed by atoms with van der Waals surface area (Å²) in [4.78, 5) is 32.1. The Morgan fingerprint density at radius 3 is 2.78 bits per heavy atom. The Morgan fingerprint density at radius 1 is 1.06 bits per heavy atom. The molecule has 5 rings (SSSR count). The van der Waals surface area contributed by atoms with Crippen LogP contribution in [0.1, 0.15) is 16.2 Å². The normalized spacial score (nSPS) is 11.0. The highest BCUT2D eigenvalue weighted by Crippen LogP contribution is 2.32. The van der Waals surface area contributed by atoms with Gasteiger partial charge in [0.25, 0.3) is 5.91 Å². The highest BCUT2D eigenvalue weighted by atomic mass is 32.2. The van der Waals surface area contributed by atoms with Crippen LogP contribution in [-0.4, -0.2) is 45.7 Å². The third kappa shape index (κ3) is 4.45. The molecule has 2 N–H and O–H groups in total. The summed E-state index contributed by atoms with van der Waals surface area (Å²) in [5, 5.41) is 14.8. The lowest BCUT2D eigenvalue weighted by molar-refractivity contribution is 0.101. The maximum absolute atomic E-state index is 13.2. The molecule has 0 spiro atoms. The number of carbonyl (C=O) groups is 1. The van der Waals surface area contributed by atoms with E-state index in [4.69, 9.17) is 0 Å². The molecule has 0 aliphatic rings. The zero-order valence-electron chi connectivity index (χ0n) is 16.6. The Labute approximate surface area is 190 Å². The van der Waals surface area contributed by atoms with Gasteiger partial charge in [-0.05, 0) is 55.1 Å². The van der Waals surface area contributed by atoms with Crippen LogP contribution in [0.4, 0.5) is 5.95 Å². The first-order chi connectivity index (χ1) is 15.6. The molecule has 0 aliphatic carbocycles. The quantitative estimate of drug-likeness (QED) is 0.390. The predicted molar refractivity (Wildman–Crippen MR) is 119 cm³/mol. The summed E-state index contributed by atoms with van der Waals surface area (Å²) in [7, 11) is 0. The molecule has 5 aromatic rings. The van der Waals surface area contributed by atoms with Crippen molar-refractivity contribution in [2.45, 2.75) is 26.9 Å². The molecule has 158 valence electrons. The van der Waals surface area contributed by atoms with Crippen LogP contribution in [-0.2, 0) is 0 Å². The smallest absolute Gasteiger partial charge is 0.277 e. The SMILES string of the molecule is Cc1ccc(Sc2ccc(Sc3ncn[nH]3)nc2C(=O)Nc2nc3ccccn3n2)cn1. The van der Waals surface area contributed by atoms with Gasteiger partial charge in [-0.2, -0.15) is 10.1 Å². The van der Waals surface area contributed by atoms with Crippen molar-refractivity contribution >= 4 is 41.0 Å². The van der Waals surface area contributed by atoms with Crippen molar-refractivity contribution in [1.82, 2.24) is 39.7 Å². The number of amides is 1. The van der Waals surface area contributed by atoms with Gasteiger partial charge in [-0.3, -0.25) is 20.2 Å². The summed E-state index contributed by atoms with van der Waals surface area (Å²) in [6.45, 7) is 1.92. The van der Waals surface area contributed by atoms with E-state index in [0.29, 0.717) is 20.7 Å². The topological polar surface area (TPSA) is 127 Å². The second-order valence-electron chi connectivity index (χ2n) is 6.52. The van der Waals surface area contributed by atoms with Gasteiger partial charge in [0.05, 0.1) is 0 Å². The number of rotatable bonds is 6. The van der Waals surface area contributed by atoms with Gasteiger partial charge in [0.15, 0.2) is 10.8 Å². The first-order valence-corrected chi connectivity index (χ1v) is 11.0. The Bertz CT molecular complexity index is 1350. The van der Waals surface area contributed by atoms with E-state index in [9.17, 15) is 4.79 Å². The van der Waals surface area contributed by atoms with Crippen LogP contribution in [0.3, 0.4) is 0 Å². The summed E-state index contributed by atoms with van der Waals surface area (Å²) in [6, 6.07) is 13.1. The number of hydrogen-bond acceptors (Lipinski definition) is 9. The van der Waals surface area contributed by atoms with Crippen molar-refractivity contribution in [3.8, 4) is 0 Å². The van der Waals surface area contributed by atoms with Crippen LogP contribution < -0.4 is 5.32 Å². The molecule has 12 heteroatoms. The molecule has 0 saturated carbocycles. The molecule has 0 fully saturated rings. The van der Waals surface area contributed by atoms with E-state index >= 15 is 0 Å². The highest BCUT2D eigenvalue weighted by molar-refractivity contribution is 7.99. The molecule has 5 heterocycles. The molecule has 0 atom stereocenters. The second kappa shape index (κ2) is 8.77.